The lowest BCUT2D eigenvalue weighted by Crippen LogP contribution is -2.21. The van der Waals surface area contributed by atoms with Gasteiger partial charge in [0, 0.05) is 12.0 Å². The first-order valence-corrected chi connectivity index (χ1v) is 4.21. The summed E-state index contributed by atoms with van der Waals surface area (Å²) in [7, 11) is 0. The number of aliphatic hydroxyl groups excluding tert-OH is 1. The summed E-state index contributed by atoms with van der Waals surface area (Å²) in [5.74, 6) is 0.411. The Bertz CT molecular complexity index is 345. The minimum absolute atomic E-state index is 0.373. The van der Waals surface area contributed by atoms with Crippen molar-refractivity contribution in [2.45, 2.75) is 25.4 Å². The van der Waals surface area contributed by atoms with Gasteiger partial charge in [-0.2, -0.15) is 0 Å². The quantitative estimate of drug-likeness (QED) is 0.564. The smallest absolute Gasteiger partial charge is 0.234 e. The lowest BCUT2D eigenvalue weighted by Gasteiger charge is -2.17. The van der Waals surface area contributed by atoms with Gasteiger partial charge < -0.3 is 10.8 Å². The van der Waals surface area contributed by atoms with Gasteiger partial charge >= 0.3 is 0 Å². The topological polar surface area (TPSA) is 81.1 Å². The van der Waals surface area contributed by atoms with Crippen LogP contribution in [0.25, 0.3) is 0 Å². The summed E-state index contributed by atoms with van der Waals surface area (Å²) in [6, 6.07) is 0. The highest BCUT2D eigenvalue weighted by atomic mass is 16.3. The van der Waals surface area contributed by atoms with Crippen molar-refractivity contribution in [2.75, 3.05) is 5.73 Å². The minimum atomic E-state index is -0.373. The van der Waals surface area contributed by atoms with Crippen LogP contribution in [0.4, 0.5) is 5.82 Å². The number of carbonyl (C=O) groups excluding carboxylic acids is 1. The molecule has 3 N–H and O–H groups in total. The third-order valence-corrected chi connectivity index (χ3v) is 2.41. The summed E-state index contributed by atoms with van der Waals surface area (Å²) in [5.41, 5.74) is 7.28. The molecule has 2 rings (SSSR count). The predicted molar refractivity (Wildman–Crippen MR) is 46.8 cm³/mol. The van der Waals surface area contributed by atoms with Gasteiger partial charge in [0.1, 0.15) is 5.82 Å². The Balaban J connectivity index is 2.48. The summed E-state index contributed by atoms with van der Waals surface area (Å²) in [6.45, 7) is 0. The number of nitrogens with zero attached hydrogens (tertiary/aromatic N) is 2. The number of fused-ring (bicyclic) bond motifs is 1. The average molecular weight is 181 g/mol. The Morgan fingerprint density at radius 1 is 1.69 bits per heavy atom. The fourth-order valence-corrected chi connectivity index (χ4v) is 1.74. The number of nitrogens with two attached hydrogens (primary N) is 1. The van der Waals surface area contributed by atoms with E-state index in [1.54, 1.807) is 0 Å². The van der Waals surface area contributed by atoms with Crippen molar-refractivity contribution in [3.8, 4) is 0 Å². The van der Waals surface area contributed by atoms with Crippen molar-refractivity contribution < 1.29 is 9.90 Å². The van der Waals surface area contributed by atoms with E-state index >= 15 is 0 Å². The van der Waals surface area contributed by atoms with E-state index in [9.17, 15) is 9.90 Å². The fourth-order valence-electron chi connectivity index (χ4n) is 1.74. The molecule has 0 fully saturated rings. The number of rotatable bonds is 1. The Labute approximate surface area is 75.2 Å². The van der Waals surface area contributed by atoms with Gasteiger partial charge in [0.05, 0.1) is 11.8 Å². The van der Waals surface area contributed by atoms with Crippen molar-refractivity contribution >= 4 is 12.2 Å². The Morgan fingerprint density at radius 2 is 2.46 bits per heavy atom. The summed E-state index contributed by atoms with van der Waals surface area (Å²) >= 11 is 0. The molecule has 1 heterocycles. The Kier molecular flexibility index (Phi) is 1.81. The van der Waals surface area contributed by atoms with E-state index in [4.69, 9.17) is 5.73 Å². The molecule has 13 heavy (non-hydrogen) atoms. The Morgan fingerprint density at radius 3 is 3.15 bits per heavy atom. The highest BCUT2D eigenvalue weighted by Gasteiger charge is 2.23. The lowest BCUT2D eigenvalue weighted by atomic mass is 9.95. The normalized spacial score (nSPS) is 21.2. The molecule has 1 atom stereocenters. The number of anilines is 1. The van der Waals surface area contributed by atoms with Crippen LogP contribution in [0.1, 0.15) is 17.7 Å². The standard InChI is InChI=1S/C8H11N3O2/c9-8-6-2-1-5(13)3-7(6)11(4-12)10-8/h4-5,13H,1-3H2,(H2,9,10). The lowest BCUT2D eigenvalue weighted by molar-refractivity contribution is 0.157. The molecule has 0 spiro atoms. The number of aliphatic hydroxyl groups is 1. The number of hydrogen-bond acceptors (Lipinski definition) is 4. The largest absolute Gasteiger partial charge is 0.393 e. The third kappa shape index (κ3) is 1.21. The predicted octanol–water partition coefficient (Wildman–Crippen LogP) is -0.647. The van der Waals surface area contributed by atoms with E-state index in [0.717, 1.165) is 11.3 Å². The van der Waals surface area contributed by atoms with Gasteiger partial charge in [0.15, 0.2) is 0 Å². The van der Waals surface area contributed by atoms with Crippen LogP contribution in [0.2, 0.25) is 0 Å². The zero-order chi connectivity index (χ0) is 9.42. The van der Waals surface area contributed by atoms with Crippen LogP contribution >= 0.6 is 0 Å². The molecule has 0 bridgehead atoms. The average Bonchev–Trinajstić information content (AvgIpc) is 2.42. The zero-order valence-electron chi connectivity index (χ0n) is 7.10. The maximum atomic E-state index is 10.6. The van der Waals surface area contributed by atoms with Crippen molar-refractivity contribution in [1.29, 1.82) is 0 Å². The second kappa shape index (κ2) is 2.85. The van der Waals surface area contributed by atoms with E-state index in [0.29, 0.717) is 31.5 Å². The van der Waals surface area contributed by atoms with Gasteiger partial charge in [-0.1, -0.05) is 0 Å². The second-order valence-electron chi connectivity index (χ2n) is 3.26. The maximum absolute atomic E-state index is 10.6. The van der Waals surface area contributed by atoms with Crippen LogP contribution in [0, 0.1) is 0 Å². The van der Waals surface area contributed by atoms with Crippen LogP contribution in [0.3, 0.4) is 0 Å². The molecular weight excluding hydrogens is 170 g/mol. The molecule has 0 aliphatic heterocycles. The molecule has 5 nitrogen and oxygen atoms in total. The van der Waals surface area contributed by atoms with Crippen molar-refractivity contribution in [1.82, 2.24) is 9.78 Å². The number of aromatic nitrogens is 2. The summed E-state index contributed by atoms with van der Waals surface area (Å²) in [6.07, 6.45) is 2.12. The van der Waals surface area contributed by atoms with E-state index in [1.165, 1.54) is 4.68 Å². The minimum Gasteiger partial charge on any atom is -0.393 e. The third-order valence-electron chi connectivity index (χ3n) is 2.41. The van der Waals surface area contributed by atoms with Gasteiger partial charge in [-0.05, 0) is 12.8 Å². The fraction of sp³-hybridized carbons (Fsp3) is 0.500. The number of carbonyl (C=O) groups is 1. The van der Waals surface area contributed by atoms with E-state index in [1.807, 2.05) is 0 Å². The van der Waals surface area contributed by atoms with Gasteiger partial charge in [-0.25, -0.2) is 4.68 Å². The molecule has 1 aromatic heterocycles. The van der Waals surface area contributed by atoms with Crippen LogP contribution in [0.15, 0.2) is 0 Å². The van der Waals surface area contributed by atoms with Crippen molar-refractivity contribution in [3.63, 3.8) is 0 Å². The summed E-state index contributed by atoms with van der Waals surface area (Å²) < 4.78 is 1.22. The SMILES string of the molecule is Nc1nn(C=O)c2c1CCC(O)C2. The van der Waals surface area contributed by atoms with Crippen molar-refractivity contribution in [3.05, 3.63) is 11.3 Å². The van der Waals surface area contributed by atoms with Gasteiger partial charge in [0.2, 0.25) is 6.41 Å². The molecule has 1 aromatic rings. The summed E-state index contributed by atoms with van der Waals surface area (Å²) in [5, 5.41) is 13.2. The molecule has 0 amide bonds. The molecule has 70 valence electrons. The number of nitrogen functional groups attached to an aromatic ring is 1. The molecule has 1 aliphatic rings. The molecule has 0 radical (unpaired) electrons. The summed E-state index contributed by atoms with van der Waals surface area (Å²) in [4.78, 5) is 10.6. The number of hydrogen-bond donors (Lipinski definition) is 2. The first-order valence-electron chi connectivity index (χ1n) is 4.21. The van der Waals surface area contributed by atoms with E-state index in [2.05, 4.69) is 5.10 Å². The molecule has 1 unspecified atom stereocenters. The van der Waals surface area contributed by atoms with Crippen molar-refractivity contribution in [2.24, 2.45) is 0 Å². The van der Waals surface area contributed by atoms with Crippen LogP contribution in [-0.2, 0) is 17.6 Å². The van der Waals surface area contributed by atoms with Gasteiger partial charge in [-0.15, -0.1) is 5.10 Å². The molecule has 0 saturated heterocycles. The first-order chi connectivity index (χ1) is 6.22. The molecule has 1 aliphatic carbocycles. The van der Waals surface area contributed by atoms with Crippen LogP contribution in [0.5, 0.6) is 0 Å². The first kappa shape index (κ1) is 8.25. The van der Waals surface area contributed by atoms with E-state index < -0.39 is 0 Å². The molecule has 0 saturated carbocycles. The molecular formula is C8H11N3O2. The Hall–Kier alpha value is -1.36. The van der Waals surface area contributed by atoms with Crippen LogP contribution < -0.4 is 5.73 Å². The second-order valence-corrected chi connectivity index (χ2v) is 3.26. The van der Waals surface area contributed by atoms with Gasteiger partial charge in [-0.3, -0.25) is 4.79 Å². The zero-order valence-corrected chi connectivity index (χ0v) is 7.10. The monoisotopic (exact) mass is 181 g/mol. The highest BCUT2D eigenvalue weighted by Crippen LogP contribution is 2.25. The van der Waals surface area contributed by atoms with E-state index in [-0.39, 0.29) is 6.10 Å². The maximum Gasteiger partial charge on any atom is 0.234 e. The highest BCUT2D eigenvalue weighted by molar-refractivity contribution is 5.58. The van der Waals surface area contributed by atoms with Gasteiger partial charge in [0.25, 0.3) is 0 Å². The van der Waals surface area contributed by atoms with Crippen LogP contribution in [-0.4, -0.2) is 27.4 Å². The molecule has 0 aromatic carbocycles. The molecule has 5 heteroatoms.